The number of nitrogens with one attached hydrogen (secondary N) is 1. The van der Waals surface area contributed by atoms with Crippen molar-refractivity contribution in [3.63, 3.8) is 0 Å². The Morgan fingerprint density at radius 2 is 1.63 bits per heavy atom. The molecule has 0 unspecified atom stereocenters. The van der Waals surface area contributed by atoms with E-state index in [4.69, 9.17) is 13.9 Å². The summed E-state index contributed by atoms with van der Waals surface area (Å²) in [4.78, 5) is 12.5. The zero-order chi connectivity index (χ0) is 18.8. The maximum atomic E-state index is 12.5. The van der Waals surface area contributed by atoms with E-state index in [0.717, 1.165) is 27.7 Å². The fourth-order valence-corrected chi connectivity index (χ4v) is 2.96. The van der Waals surface area contributed by atoms with Crippen molar-refractivity contribution in [1.82, 2.24) is 0 Å². The number of hydrogen-bond donors (Lipinski definition) is 1. The van der Waals surface area contributed by atoms with E-state index in [9.17, 15) is 4.79 Å². The molecule has 0 radical (unpaired) electrons. The first-order valence-corrected chi connectivity index (χ1v) is 8.67. The van der Waals surface area contributed by atoms with Crippen LogP contribution in [0.2, 0.25) is 0 Å². The highest BCUT2D eigenvalue weighted by Crippen LogP contribution is 2.30. The van der Waals surface area contributed by atoms with Gasteiger partial charge in [0.15, 0.2) is 6.10 Å². The van der Waals surface area contributed by atoms with Gasteiger partial charge in [0.1, 0.15) is 22.7 Å². The van der Waals surface area contributed by atoms with Gasteiger partial charge in [-0.1, -0.05) is 18.2 Å². The molecule has 1 heterocycles. The molecule has 5 nitrogen and oxygen atoms in total. The third-order valence-electron chi connectivity index (χ3n) is 4.39. The molecular formula is C22H19NO4. The van der Waals surface area contributed by atoms with Gasteiger partial charge in [-0.3, -0.25) is 4.79 Å². The van der Waals surface area contributed by atoms with E-state index in [1.54, 1.807) is 38.3 Å². The van der Waals surface area contributed by atoms with Gasteiger partial charge in [0.05, 0.1) is 7.11 Å². The second-order valence-electron chi connectivity index (χ2n) is 6.23. The Morgan fingerprint density at radius 1 is 0.926 bits per heavy atom. The van der Waals surface area contributed by atoms with Crippen LogP contribution in [0.25, 0.3) is 21.9 Å². The molecule has 1 aromatic heterocycles. The maximum Gasteiger partial charge on any atom is 0.265 e. The first-order valence-electron chi connectivity index (χ1n) is 8.67. The summed E-state index contributed by atoms with van der Waals surface area (Å²) in [5, 5.41) is 4.95. The van der Waals surface area contributed by atoms with Crippen molar-refractivity contribution in [2.45, 2.75) is 13.0 Å². The number of amides is 1. The number of hydrogen-bond acceptors (Lipinski definition) is 4. The smallest absolute Gasteiger partial charge is 0.265 e. The molecule has 0 aliphatic carbocycles. The Morgan fingerprint density at radius 3 is 2.41 bits per heavy atom. The predicted molar refractivity (Wildman–Crippen MR) is 105 cm³/mol. The highest BCUT2D eigenvalue weighted by atomic mass is 16.5. The largest absolute Gasteiger partial charge is 0.497 e. The monoisotopic (exact) mass is 361 g/mol. The lowest BCUT2D eigenvalue weighted by Crippen LogP contribution is -2.30. The van der Waals surface area contributed by atoms with Gasteiger partial charge in [0.2, 0.25) is 0 Å². The van der Waals surface area contributed by atoms with E-state index in [1.807, 2.05) is 42.5 Å². The van der Waals surface area contributed by atoms with Crippen molar-refractivity contribution in [3.8, 4) is 11.5 Å². The van der Waals surface area contributed by atoms with Gasteiger partial charge >= 0.3 is 0 Å². The Balaban J connectivity index is 1.48. The topological polar surface area (TPSA) is 60.7 Å². The van der Waals surface area contributed by atoms with Gasteiger partial charge in [-0.2, -0.15) is 0 Å². The highest BCUT2D eigenvalue weighted by molar-refractivity contribution is 6.06. The number of benzene rings is 3. The summed E-state index contributed by atoms with van der Waals surface area (Å²) in [6, 6.07) is 20.6. The third kappa shape index (κ3) is 3.44. The van der Waals surface area contributed by atoms with Gasteiger partial charge in [0, 0.05) is 22.5 Å². The first kappa shape index (κ1) is 17.0. The molecule has 1 amide bonds. The molecule has 0 fully saturated rings. The maximum absolute atomic E-state index is 12.5. The molecule has 0 aliphatic heterocycles. The number of carbonyl (C=O) groups excluding carboxylic acids is 1. The van der Waals surface area contributed by atoms with Crippen LogP contribution in [-0.4, -0.2) is 19.1 Å². The van der Waals surface area contributed by atoms with Crippen molar-refractivity contribution < 1.29 is 18.7 Å². The lowest BCUT2D eigenvalue weighted by atomic mass is 10.1. The Bertz CT molecular complexity index is 1100. The number of ether oxygens (including phenoxy) is 2. The van der Waals surface area contributed by atoms with Crippen molar-refractivity contribution in [2.75, 3.05) is 12.4 Å². The molecule has 0 aliphatic rings. The van der Waals surface area contributed by atoms with Crippen LogP contribution in [0.15, 0.2) is 71.1 Å². The summed E-state index contributed by atoms with van der Waals surface area (Å²) >= 11 is 0. The zero-order valence-corrected chi connectivity index (χ0v) is 15.1. The molecule has 136 valence electrons. The lowest BCUT2D eigenvalue weighted by Gasteiger charge is -2.15. The average molecular weight is 361 g/mol. The first-order chi connectivity index (χ1) is 13.1. The summed E-state index contributed by atoms with van der Waals surface area (Å²) in [6.07, 6.45) is -0.648. The molecule has 4 rings (SSSR count). The van der Waals surface area contributed by atoms with E-state index in [1.165, 1.54) is 0 Å². The zero-order valence-electron chi connectivity index (χ0n) is 15.1. The number of anilines is 1. The van der Waals surface area contributed by atoms with Gasteiger partial charge in [-0.05, 0) is 49.4 Å². The molecule has 0 saturated heterocycles. The SMILES string of the molecule is COc1ccc(O[C@@H](C)C(=O)Nc2ccc3c(c2)oc2ccccc23)cc1. The predicted octanol–water partition coefficient (Wildman–Crippen LogP) is 5.00. The Hall–Kier alpha value is -3.47. The molecule has 1 atom stereocenters. The molecule has 5 heteroatoms. The molecule has 1 N–H and O–H groups in total. The minimum absolute atomic E-state index is 0.235. The Kier molecular flexibility index (Phi) is 4.42. The van der Waals surface area contributed by atoms with E-state index in [-0.39, 0.29) is 5.91 Å². The van der Waals surface area contributed by atoms with Crippen molar-refractivity contribution >= 4 is 33.5 Å². The molecule has 0 bridgehead atoms. The standard InChI is InChI=1S/C22H19NO4/c1-14(26-17-10-8-16(25-2)9-11-17)22(24)23-15-7-12-19-18-5-3-4-6-20(18)27-21(19)13-15/h3-14H,1-2H3,(H,23,24)/t14-/m0/s1. The van der Waals surface area contributed by atoms with Gasteiger partial charge in [-0.15, -0.1) is 0 Å². The second-order valence-corrected chi connectivity index (χ2v) is 6.23. The normalized spacial score (nSPS) is 12.1. The summed E-state index contributed by atoms with van der Waals surface area (Å²) in [5.74, 6) is 1.10. The molecular weight excluding hydrogens is 342 g/mol. The van der Waals surface area contributed by atoms with Crippen LogP contribution in [0, 0.1) is 0 Å². The van der Waals surface area contributed by atoms with Crippen LogP contribution < -0.4 is 14.8 Å². The van der Waals surface area contributed by atoms with E-state index < -0.39 is 6.10 Å². The lowest BCUT2D eigenvalue weighted by molar-refractivity contribution is -0.122. The summed E-state index contributed by atoms with van der Waals surface area (Å²) in [5.41, 5.74) is 2.22. The summed E-state index contributed by atoms with van der Waals surface area (Å²) in [6.45, 7) is 1.71. The van der Waals surface area contributed by atoms with Crippen LogP contribution in [-0.2, 0) is 4.79 Å². The summed E-state index contributed by atoms with van der Waals surface area (Å²) < 4.78 is 16.7. The van der Waals surface area contributed by atoms with E-state index >= 15 is 0 Å². The minimum atomic E-state index is -0.648. The highest BCUT2D eigenvalue weighted by Gasteiger charge is 2.16. The quantitative estimate of drug-likeness (QED) is 0.543. The minimum Gasteiger partial charge on any atom is -0.497 e. The van der Waals surface area contributed by atoms with Gasteiger partial charge in [-0.25, -0.2) is 0 Å². The molecule has 3 aromatic carbocycles. The number of rotatable bonds is 5. The number of carbonyl (C=O) groups is 1. The van der Waals surface area contributed by atoms with Crippen LogP contribution in [0.5, 0.6) is 11.5 Å². The second kappa shape index (κ2) is 7.03. The fraction of sp³-hybridized carbons (Fsp3) is 0.136. The number of methoxy groups -OCH3 is 1. The number of furan rings is 1. The fourth-order valence-electron chi connectivity index (χ4n) is 2.96. The van der Waals surface area contributed by atoms with Gasteiger partial charge in [0.25, 0.3) is 5.91 Å². The molecule has 0 spiro atoms. The summed E-state index contributed by atoms with van der Waals surface area (Å²) in [7, 11) is 1.60. The van der Waals surface area contributed by atoms with E-state index in [0.29, 0.717) is 11.4 Å². The number of fused-ring (bicyclic) bond motifs is 3. The molecule has 27 heavy (non-hydrogen) atoms. The third-order valence-corrected chi connectivity index (χ3v) is 4.39. The van der Waals surface area contributed by atoms with Crippen LogP contribution in [0.1, 0.15) is 6.92 Å². The average Bonchev–Trinajstić information content (AvgIpc) is 3.06. The Labute approximate surface area is 156 Å². The van der Waals surface area contributed by atoms with Crippen molar-refractivity contribution in [1.29, 1.82) is 0 Å². The van der Waals surface area contributed by atoms with Crippen molar-refractivity contribution in [3.05, 3.63) is 66.7 Å². The van der Waals surface area contributed by atoms with Crippen LogP contribution >= 0.6 is 0 Å². The van der Waals surface area contributed by atoms with Crippen molar-refractivity contribution in [2.24, 2.45) is 0 Å². The van der Waals surface area contributed by atoms with Crippen LogP contribution in [0.4, 0.5) is 5.69 Å². The van der Waals surface area contributed by atoms with E-state index in [2.05, 4.69) is 5.32 Å². The van der Waals surface area contributed by atoms with Gasteiger partial charge < -0.3 is 19.2 Å². The number of para-hydroxylation sites is 1. The molecule has 0 saturated carbocycles. The molecule has 4 aromatic rings. The van der Waals surface area contributed by atoms with Crippen LogP contribution in [0.3, 0.4) is 0 Å².